The average Bonchev–Trinajstić information content (AvgIpc) is 2.90. The fourth-order valence-electron chi connectivity index (χ4n) is 4.23. The number of hydrogen-bond donors (Lipinski definition) is 0. The standard InChI is InChI=1S/C31H48N2O3/c1-3-5-7-9-11-12-13-14-15-17-19-30(34)36-29-25-32-31(33-26-29)27-20-22-28(23-21-27)35-24-18-16-10-8-6-4-2/h20-23,25-26H,3-19,24H2,1-2H3. The third kappa shape index (κ3) is 13.6. The van der Waals surface area contributed by atoms with Crippen molar-refractivity contribution < 1.29 is 14.3 Å². The average molecular weight is 497 g/mol. The first-order chi connectivity index (χ1) is 17.7. The molecule has 0 atom stereocenters. The van der Waals surface area contributed by atoms with Crippen molar-refractivity contribution in [3.8, 4) is 22.9 Å². The van der Waals surface area contributed by atoms with E-state index in [-0.39, 0.29) is 5.97 Å². The summed E-state index contributed by atoms with van der Waals surface area (Å²) in [5.41, 5.74) is 0.908. The Morgan fingerprint density at radius 3 is 1.69 bits per heavy atom. The Hall–Kier alpha value is -2.43. The topological polar surface area (TPSA) is 61.3 Å². The normalized spacial score (nSPS) is 10.9. The van der Waals surface area contributed by atoms with Crippen molar-refractivity contribution in [2.75, 3.05) is 6.61 Å². The van der Waals surface area contributed by atoms with Crippen molar-refractivity contribution >= 4 is 5.97 Å². The van der Waals surface area contributed by atoms with E-state index in [0.29, 0.717) is 18.0 Å². The predicted molar refractivity (Wildman–Crippen MR) is 148 cm³/mol. The van der Waals surface area contributed by atoms with Gasteiger partial charge in [0.1, 0.15) is 5.75 Å². The number of unbranched alkanes of at least 4 members (excludes halogenated alkanes) is 14. The van der Waals surface area contributed by atoms with Crippen LogP contribution in [-0.2, 0) is 4.79 Å². The van der Waals surface area contributed by atoms with Gasteiger partial charge in [0.15, 0.2) is 11.6 Å². The summed E-state index contributed by atoms with van der Waals surface area (Å²) in [4.78, 5) is 20.9. The van der Waals surface area contributed by atoms with E-state index in [1.807, 2.05) is 24.3 Å². The molecule has 0 aliphatic rings. The van der Waals surface area contributed by atoms with Gasteiger partial charge in [-0.3, -0.25) is 4.79 Å². The zero-order chi connectivity index (χ0) is 25.7. The second-order valence-electron chi connectivity index (χ2n) is 9.79. The molecule has 0 aliphatic heterocycles. The lowest BCUT2D eigenvalue weighted by Crippen LogP contribution is -2.08. The molecule has 2 aromatic rings. The smallest absolute Gasteiger partial charge is 0.311 e. The summed E-state index contributed by atoms with van der Waals surface area (Å²) in [6.07, 6.45) is 23.6. The molecule has 1 aromatic heterocycles. The van der Waals surface area contributed by atoms with Crippen LogP contribution in [0.1, 0.15) is 123 Å². The molecule has 0 N–H and O–H groups in total. The van der Waals surface area contributed by atoms with Crippen LogP contribution in [0, 0.1) is 0 Å². The molecule has 1 aromatic carbocycles. The summed E-state index contributed by atoms with van der Waals surface area (Å²) in [7, 11) is 0. The highest BCUT2D eigenvalue weighted by Gasteiger charge is 2.07. The zero-order valence-corrected chi connectivity index (χ0v) is 22.8. The first kappa shape index (κ1) is 29.8. The van der Waals surface area contributed by atoms with Crippen molar-refractivity contribution in [2.45, 2.75) is 123 Å². The molecule has 1 heterocycles. The molecule has 36 heavy (non-hydrogen) atoms. The lowest BCUT2D eigenvalue weighted by Gasteiger charge is -2.08. The van der Waals surface area contributed by atoms with Gasteiger partial charge in [0, 0.05) is 12.0 Å². The van der Waals surface area contributed by atoms with E-state index in [1.165, 1.54) is 83.5 Å². The number of esters is 1. The predicted octanol–water partition coefficient (Wildman–Crippen LogP) is 9.10. The number of carbonyl (C=O) groups excluding carboxylic acids is 1. The molecule has 200 valence electrons. The number of benzene rings is 1. The molecule has 0 aliphatic carbocycles. The number of ether oxygens (including phenoxy) is 2. The van der Waals surface area contributed by atoms with Crippen LogP contribution < -0.4 is 9.47 Å². The molecule has 2 rings (SSSR count). The van der Waals surface area contributed by atoms with Gasteiger partial charge < -0.3 is 9.47 Å². The van der Waals surface area contributed by atoms with Crippen molar-refractivity contribution in [3.63, 3.8) is 0 Å². The largest absolute Gasteiger partial charge is 0.494 e. The van der Waals surface area contributed by atoms with Crippen LogP contribution >= 0.6 is 0 Å². The van der Waals surface area contributed by atoms with E-state index in [1.54, 1.807) is 12.4 Å². The van der Waals surface area contributed by atoms with Gasteiger partial charge in [0.25, 0.3) is 0 Å². The first-order valence-corrected chi connectivity index (χ1v) is 14.5. The first-order valence-electron chi connectivity index (χ1n) is 14.5. The molecule has 0 fully saturated rings. The van der Waals surface area contributed by atoms with Crippen LogP contribution in [0.15, 0.2) is 36.7 Å². The molecule has 5 heteroatoms. The van der Waals surface area contributed by atoms with E-state index in [4.69, 9.17) is 9.47 Å². The second-order valence-corrected chi connectivity index (χ2v) is 9.79. The minimum absolute atomic E-state index is 0.210. The molecule has 0 saturated heterocycles. The van der Waals surface area contributed by atoms with Crippen molar-refractivity contribution in [2.24, 2.45) is 0 Å². The van der Waals surface area contributed by atoms with Gasteiger partial charge in [-0.1, -0.05) is 104 Å². The van der Waals surface area contributed by atoms with Crippen molar-refractivity contribution in [1.82, 2.24) is 9.97 Å². The Labute approximate surface area is 219 Å². The summed E-state index contributed by atoms with van der Waals surface area (Å²) in [5, 5.41) is 0. The summed E-state index contributed by atoms with van der Waals surface area (Å²) in [6.45, 7) is 5.24. The highest BCUT2D eigenvalue weighted by Crippen LogP contribution is 2.21. The number of rotatable bonds is 21. The fourth-order valence-corrected chi connectivity index (χ4v) is 4.23. The molecule has 0 bridgehead atoms. The van der Waals surface area contributed by atoms with E-state index in [9.17, 15) is 4.79 Å². The van der Waals surface area contributed by atoms with Gasteiger partial charge in [-0.2, -0.15) is 0 Å². The van der Waals surface area contributed by atoms with Gasteiger partial charge in [-0.15, -0.1) is 0 Å². The Kier molecular flexibility index (Phi) is 16.3. The minimum Gasteiger partial charge on any atom is -0.494 e. The van der Waals surface area contributed by atoms with Gasteiger partial charge in [0.2, 0.25) is 0 Å². The quantitative estimate of drug-likeness (QED) is 0.127. The Morgan fingerprint density at radius 1 is 0.639 bits per heavy atom. The minimum atomic E-state index is -0.210. The lowest BCUT2D eigenvalue weighted by atomic mass is 10.1. The molecule has 0 saturated carbocycles. The third-order valence-corrected chi connectivity index (χ3v) is 6.47. The van der Waals surface area contributed by atoms with Crippen LogP contribution in [0.5, 0.6) is 11.5 Å². The van der Waals surface area contributed by atoms with E-state index in [2.05, 4.69) is 23.8 Å². The molecule has 0 unspecified atom stereocenters. The summed E-state index contributed by atoms with van der Waals surface area (Å²) >= 11 is 0. The van der Waals surface area contributed by atoms with Gasteiger partial charge in [0.05, 0.1) is 19.0 Å². The Balaban J connectivity index is 1.59. The van der Waals surface area contributed by atoms with E-state index >= 15 is 0 Å². The number of hydrogen-bond acceptors (Lipinski definition) is 5. The second kappa shape index (κ2) is 19.7. The molecular formula is C31H48N2O3. The van der Waals surface area contributed by atoms with Gasteiger partial charge >= 0.3 is 5.97 Å². The van der Waals surface area contributed by atoms with Gasteiger partial charge in [-0.05, 0) is 37.1 Å². The molecule has 0 amide bonds. The van der Waals surface area contributed by atoms with Crippen molar-refractivity contribution in [1.29, 1.82) is 0 Å². The number of carbonyl (C=O) groups is 1. The summed E-state index contributed by atoms with van der Waals surface area (Å²) < 4.78 is 11.3. The molecule has 5 nitrogen and oxygen atoms in total. The maximum atomic E-state index is 12.1. The molecule has 0 radical (unpaired) electrons. The van der Waals surface area contributed by atoms with E-state index in [0.717, 1.165) is 37.2 Å². The zero-order valence-electron chi connectivity index (χ0n) is 22.8. The third-order valence-electron chi connectivity index (χ3n) is 6.47. The van der Waals surface area contributed by atoms with Crippen molar-refractivity contribution in [3.05, 3.63) is 36.7 Å². The fraction of sp³-hybridized carbons (Fsp3) is 0.645. The van der Waals surface area contributed by atoms with Gasteiger partial charge in [-0.25, -0.2) is 9.97 Å². The van der Waals surface area contributed by atoms with Crippen LogP contribution in [-0.4, -0.2) is 22.5 Å². The van der Waals surface area contributed by atoms with Crippen LogP contribution in [0.3, 0.4) is 0 Å². The molecular weight excluding hydrogens is 448 g/mol. The molecule has 0 spiro atoms. The SMILES string of the molecule is CCCCCCCCCCCCC(=O)Oc1cnc(-c2ccc(OCCCCCCCC)cc2)nc1. The summed E-state index contributed by atoms with van der Waals surface area (Å²) in [6, 6.07) is 7.83. The summed E-state index contributed by atoms with van der Waals surface area (Å²) in [5.74, 6) is 1.66. The highest BCUT2D eigenvalue weighted by atomic mass is 16.5. The maximum absolute atomic E-state index is 12.1. The lowest BCUT2D eigenvalue weighted by molar-refractivity contribution is -0.134. The van der Waals surface area contributed by atoms with Crippen LogP contribution in [0.25, 0.3) is 11.4 Å². The monoisotopic (exact) mass is 496 g/mol. The number of aromatic nitrogens is 2. The Bertz CT molecular complexity index is 806. The van der Waals surface area contributed by atoms with E-state index < -0.39 is 0 Å². The Morgan fingerprint density at radius 2 is 1.14 bits per heavy atom. The highest BCUT2D eigenvalue weighted by molar-refractivity contribution is 5.72. The van der Waals surface area contributed by atoms with Crippen LogP contribution in [0.4, 0.5) is 0 Å². The maximum Gasteiger partial charge on any atom is 0.311 e. The van der Waals surface area contributed by atoms with Crippen LogP contribution in [0.2, 0.25) is 0 Å². The number of nitrogens with zero attached hydrogens (tertiary/aromatic N) is 2.